The van der Waals surface area contributed by atoms with Crippen LogP contribution in [0.4, 0.5) is 51.2 Å². The molecule has 2 aliphatic heterocycles. The largest absolute Gasteiger partial charge is 0.311 e. The first-order valence-electron chi connectivity index (χ1n) is 23.2. The zero-order chi connectivity index (χ0) is 44.6. The van der Waals surface area contributed by atoms with Crippen molar-refractivity contribution in [1.29, 1.82) is 0 Å². The molecule has 0 unspecified atom stereocenters. The van der Waals surface area contributed by atoms with Gasteiger partial charge in [-0.2, -0.15) is 0 Å². The van der Waals surface area contributed by atoms with Crippen molar-refractivity contribution in [2.75, 3.05) is 14.7 Å². The molecule has 2 aliphatic rings. The molecule has 0 amide bonds. The molecule has 0 spiro atoms. The Hall–Kier alpha value is -8.54. The fourth-order valence-electron chi connectivity index (χ4n) is 10.8. The van der Waals surface area contributed by atoms with Gasteiger partial charge in [-0.1, -0.05) is 145 Å². The minimum atomic E-state index is 0.0114. The van der Waals surface area contributed by atoms with Gasteiger partial charge in [-0.25, -0.2) is 0 Å². The number of benzene rings is 10. The summed E-state index contributed by atoms with van der Waals surface area (Å²) in [4.78, 5) is 7.41. The quantitative estimate of drug-likeness (QED) is 0.148. The van der Waals surface area contributed by atoms with Gasteiger partial charge < -0.3 is 19.3 Å². The minimum absolute atomic E-state index is 0.0114. The third-order valence-electron chi connectivity index (χ3n) is 13.9. The first kappa shape index (κ1) is 38.9. The van der Waals surface area contributed by atoms with Crippen molar-refractivity contribution < 1.29 is 0 Å². The molecule has 5 heteroatoms. The molecule has 0 bridgehead atoms. The number of rotatable bonds is 7. The SMILES string of the molecule is Cc1ccc(N2c3ccc(C)cc3B3c4ccc(N(c5ccccc5)c5ccc6c(c5)c5ccccc5n6-c5ccccc5)cc4N(c4ccc(-c5ccccc5)cc4)c4cccc2c43)cc1. The molecule has 67 heavy (non-hydrogen) atoms. The Labute approximate surface area is 391 Å². The molecule has 0 N–H and O–H groups in total. The van der Waals surface area contributed by atoms with Crippen LogP contribution in [-0.4, -0.2) is 11.3 Å². The fourth-order valence-corrected chi connectivity index (χ4v) is 10.8. The Morgan fingerprint density at radius 1 is 0.343 bits per heavy atom. The molecule has 11 aromatic rings. The van der Waals surface area contributed by atoms with E-state index in [1.165, 1.54) is 83.2 Å². The van der Waals surface area contributed by atoms with Gasteiger partial charge in [0.05, 0.1) is 11.0 Å². The van der Waals surface area contributed by atoms with E-state index in [0.29, 0.717) is 0 Å². The van der Waals surface area contributed by atoms with E-state index in [-0.39, 0.29) is 6.71 Å². The van der Waals surface area contributed by atoms with Crippen LogP contribution in [0.5, 0.6) is 0 Å². The van der Waals surface area contributed by atoms with Crippen molar-refractivity contribution >= 4 is 96.1 Å². The van der Waals surface area contributed by atoms with Crippen LogP contribution in [0.25, 0.3) is 38.6 Å². The number of nitrogens with zero attached hydrogens (tertiary/aromatic N) is 4. The third kappa shape index (κ3) is 6.30. The summed E-state index contributed by atoms with van der Waals surface area (Å²) in [6, 6.07) is 87.1. The average Bonchev–Trinajstić information content (AvgIpc) is 3.71. The second-order valence-corrected chi connectivity index (χ2v) is 17.9. The van der Waals surface area contributed by atoms with Crippen LogP contribution in [0.15, 0.2) is 237 Å². The first-order chi connectivity index (χ1) is 33.1. The van der Waals surface area contributed by atoms with Crippen molar-refractivity contribution in [2.24, 2.45) is 0 Å². The maximum atomic E-state index is 2.51. The number of aryl methyl sites for hydroxylation is 2. The summed E-state index contributed by atoms with van der Waals surface area (Å²) in [5.74, 6) is 0. The van der Waals surface area contributed by atoms with Gasteiger partial charge in [0.1, 0.15) is 0 Å². The summed E-state index contributed by atoms with van der Waals surface area (Å²) >= 11 is 0. The molecule has 1 aromatic heterocycles. The highest BCUT2D eigenvalue weighted by atomic mass is 15.2. The number of anilines is 9. The van der Waals surface area contributed by atoms with Crippen LogP contribution in [-0.2, 0) is 0 Å². The van der Waals surface area contributed by atoms with Gasteiger partial charge in [-0.05, 0) is 144 Å². The Bertz CT molecular complexity index is 3660. The summed E-state index contributed by atoms with van der Waals surface area (Å²) in [6.07, 6.45) is 0. The van der Waals surface area contributed by atoms with Crippen molar-refractivity contribution in [3.05, 3.63) is 248 Å². The van der Waals surface area contributed by atoms with Crippen molar-refractivity contribution in [1.82, 2.24) is 4.57 Å². The van der Waals surface area contributed by atoms with Gasteiger partial charge in [-0.3, -0.25) is 0 Å². The molecule has 13 rings (SSSR count). The second kappa shape index (κ2) is 15.6. The van der Waals surface area contributed by atoms with Crippen molar-refractivity contribution in [3.63, 3.8) is 0 Å². The molecule has 0 atom stereocenters. The number of hydrogen-bond acceptors (Lipinski definition) is 3. The number of fused-ring (bicyclic) bond motifs is 7. The molecule has 0 aliphatic carbocycles. The van der Waals surface area contributed by atoms with Gasteiger partial charge in [-0.15, -0.1) is 0 Å². The highest BCUT2D eigenvalue weighted by Gasteiger charge is 2.43. The van der Waals surface area contributed by atoms with Crippen molar-refractivity contribution in [3.8, 4) is 16.8 Å². The molecule has 316 valence electrons. The lowest BCUT2D eigenvalue weighted by atomic mass is 9.33. The van der Waals surface area contributed by atoms with E-state index < -0.39 is 0 Å². The van der Waals surface area contributed by atoms with E-state index in [9.17, 15) is 0 Å². The van der Waals surface area contributed by atoms with E-state index in [2.05, 4.69) is 270 Å². The Balaban J connectivity index is 1.04. The minimum Gasteiger partial charge on any atom is -0.311 e. The summed E-state index contributed by atoms with van der Waals surface area (Å²) < 4.78 is 2.39. The van der Waals surface area contributed by atoms with E-state index in [0.717, 1.165) is 34.1 Å². The summed E-state index contributed by atoms with van der Waals surface area (Å²) in [5.41, 5.74) is 22.6. The maximum Gasteiger partial charge on any atom is 0.252 e. The summed E-state index contributed by atoms with van der Waals surface area (Å²) in [6.45, 7) is 4.39. The van der Waals surface area contributed by atoms with Gasteiger partial charge in [0, 0.05) is 67.6 Å². The van der Waals surface area contributed by atoms with Crippen molar-refractivity contribution in [2.45, 2.75) is 13.8 Å². The first-order valence-corrected chi connectivity index (χ1v) is 23.2. The van der Waals surface area contributed by atoms with E-state index in [4.69, 9.17) is 0 Å². The lowest BCUT2D eigenvalue weighted by Crippen LogP contribution is -2.61. The Morgan fingerprint density at radius 2 is 0.925 bits per heavy atom. The van der Waals surface area contributed by atoms with Gasteiger partial charge in [0.15, 0.2) is 0 Å². The third-order valence-corrected chi connectivity index (χ3v) is 13.9. The molecule has 10 aromatic carbocycles. The lowest BCUT2D eigenvalue weighted by Gasteiger charge is -2.44. The molecule has 0 radical (unpaired) electrons. The summed E-state index contributed by atoms with van der Waals surface area (Å²) in [7, 11) is 0. The fraction of sp³-hybridized carbons (Fsp3) is 0.0323. The topological polar surface area (TPSA) is 14.7 Å². The molecular formula is C62H45BN4. The lowest BCUT2D eigenvalue weighted by molar-refractivity contribution is 1.18. The highest BCUT2D eigenvalue weighted by Crippen LogP contribution is 2.47. The van der Waals surface area contributed by atoms with Crippen LogP contribution < -0.4 is 31.1 Å². The van der Waals surface area contributed by atoms with E-state index in [1.54, 1.807) is 0 Å². The standard InChI is InChI=1S/C62H45BN4/c1-42-25-30-48(31-26-42)66-58-37-27-43(2)39-55(58)63-54-36-34-51(41-61(54)67(60-24-14-23-59(66)62(60)63)49-32-28-45(29-33-49)44-15-6-3-7-16-44)64(46-17-8-4-9-18-46)50-35-38-57-53(40-50)52-21-12-13-22-56(52)65(57)47-19-10-5-11-20-47/h3-41H,1-2H3. The normalized spacial score (nSPS) is 12.5. The maximum absolute atomic E-state index is 2.51. The zero-order valence-electron chi connectivity index (χ0n) is 37.4. The zero-order valence-corrected chi connectivity index (χ0v) is 37.4. The number of hydrogen-bond donors (Lipinski definition) is 0. The van der Waals surface area contributed by atoms with Crippen LogP contribution in [0.3, 0.4) is 0 Å². The monoisotopic (exact) mass is 856 g/mol. The Kier molecular flexibility index (Phi) is 9.04. The van der Waals surface area contributed by atoms with Crippen LogP contribution in [0.1, 0.15) is 11.1 Å². The number of para-hydroxylation sites is 3. The van der Waals surface area contributed by atoms with Gasteiger partial charge in [0.25, 0.3) is 6.71 Å². The van der Waals surface area contributed by atoms with Crippen LogP contribution in [0, 0.1) is 13.8 Å². The Morgan fingerprint density at radius 3 is 1.67 bits per heavy atom. The van der Waals surface area contributed by atoms with E-state index in [1.807, 2.05) is 0 Å². The molecule has 4 nitrogen and oxygen atoms in total. The number of aromatic nitrogens is 1. The summed E-state index contributed by atoms with van der Waals surface area (Å²) in [5, 5.41) is 2.44. The average molecular weight is 857 g/mol. The molecule has 3 heterocycles. The van der Waals surface area contributed by atoms with Gasteiger partial charge in [0.2, 0.25) is 0 Å². The second-order valence-electron chi connectivity index (χ2n) is 17.9. The van der Waals surface area contributed by atoms with Crippen LogP contribution >= 0.6 is 0 Å². The predicted octanol–water partition coefficient (Wildman–Crippen LogP) is 14.6. The van der Waals surface area contributed by atoms with E-state index >= 15 is 0 Å². The smallest absolute Gasteiger partial charge is 0.252 e. The molecule has 0 saturated heterocycles. The molecule has 0 fully saturated rings. The van der Waals surface area contributed by atoms with Gasteiger partial charge >= 0.3 is 0 Å². The highest BCUT2D eigenvalue weighted by molar-refractivity contribution is 7.00. The predicted molar refractivity (Wildman–Crippen MR) is 284 cm³/mol. The van der Waals surface area contributed by atoms with Crippen LogP contribution in [0.2, 0.25) is 0 Å². The molecule has 0 saturated carbocycles. The molecular weight excluding hydrogens is 812 g/mol.